The molecule has 0 aromatic carbocycles. The molecule has 7 nitrogen and oxygen atoms in total. The molecule has 1 amide bonds. The second-order valence-corrected chi connectivity index (χ2v) is 5.06. The Balaban J connectivity index is 0.00000264. The molecule has 0 saturated carbocycles. The maximum Gasteiger partial charge on any atom is 0.405 e. The maximum absolute atomic E-state index is 13.1. The molecule has 2 N–H and O–H groups in total. The zero-order valence-corrected chi connectivity index (χ0v) is 13.2. The van der Waals surface area contributed by atoms with E-state index in [1.54, 1.807) is 0 Å². The number of aryl methyl sites for hydroxylation is 1. The van der Waals surface area contributed by atoms with Crippen LogP contribution in [0.4, 0.5) is 13.2 Å². The van der Waals surface area contributed by atoms with Crippen LogP contribution in [0.5, 0.6) is 0 Å². The first kappa shape index (κ1) is 19.7. The minimum atomic E-state index is -4.36. The van der Waals surface area contributed by atoms with Crippen LogP contribution in [-0.2, 0) is 11.3 Å². The van der Waals surface area contributed by atoms with E-state index in [-0.39, 0.29) is 25.4 Å². The van der Waals surface area contributed by atoms with E-state index in [9.17, 15) is 18.0 Å². The third-order valence-electron chi connectivity index (χ3n) is 3.50. The highest BCUT2D eigenvalue weighted by molar-refractivity contribution is 5.85. The van der Waals surface area contributed by atoms with Crippen LogP contribution >= 0.6 is 12.4 Å². The monoisotopic (exact) mass is 356 g/mol. The Kier molecular flexibility index (Phi) is 7.73. The number of rotatable bonds is 6. The molecule has 2 rings (SSSR count). The summed E-state index contributed by atoms with van der Waals surface area (Å²) in [6.07, 6.45) is -1.51. The van der Waals surface area contributed by atoms with Crippen molar-refractivity contribution < 1.29 is 18.0 Å². The quantitative estimate of drug-likeness (QED) is 0.753. The molecule has 1 saturated heterocycles. The zero-order chi connectivity index (χ0) is 16.0. The zero-order valence-electron chi connectivity index (χ0n) is 12.4. The van der Waals surface area contributed by atoms with Gasteiger partial charge in [0.25, 0.3) is 0 Å². The number of aromatic nitrogens is 3. The number of halogens is 4. The van der Waals surface area contributed by atoms with Gasteiger partial charge in [-0.25, -0.2) is 4.98 Å². The van der Waals surface area contributed by atoms with Crippen LogP contribution in [0.25, 0.3) is 0 Å². The molecule has 1 fully saturated rings. The van der Waals surface area contributed by atoms with Crippen LogP contribution in [0.3, 0.4) is 0 Å². The van der Waals surface area contributed by atoms with E-state index in [1.807, 2.05) is 0 Å². The smallest absolute Gasteiger partial charge is 0.354 e. The summed E-state index contributed by atoms with van der Waals surface area (Å²) in [5, 5.41) is 9.20. The summed E-state index contributed by atoms with van der Waals surface area (Å²) in [5.74, 6) is -0.431. The summed E-state index contributed by atoms with van der Waals surface area (Å²) in [4.78, 5) is 16.8. The Bertz CT molecular complexity index is 464. The Morgan fingerprint density at radius 3 is 2.61 bits per heavy atom. The van der Waals surface area contributed by atoms with Gasteiger partial charge in [0.05, 0.1) is 6.54 Å². The second kappa shape index (κ2) is 9.04. The number of hydrogen-bond acceptors (Lipinski definition) is 5. The largest absolute Gasteiger partial charge is 0.405 e. The summed E-state index contributed by atoms with van der Waals surface area (Å²) in [5.41, 5.74) is 0. The third kappa shape index (κ3) is 6.32. The van der Waals surface area contributed by atoms with Crippen LogP contribution in [-0.4, -0.2) is 70.5 Å². The Morgan fingerprint density at radius 2 is 2.04 bits per heavy atom. The fraction of sp³-hybridized carbons (Fsp3) is 0.750. The summed E-state index contributed by atoms with van der Waals surface area (Å²) in [6, 6.07) is -1.65. The number of carbonyl (C=O) groups excluding carboxylic acids is 1. The lowest BCUT2D eigenvalue weighted by Crippen LogP contribution is -2.57. The molecule has 1 aromatic rings. The molecule has 23 heavy (non-hydrogen) atoms. The highest BCUT2D eigenvalue weighted by Crippen LogP contribution is 2.24. The van der Waals surface area contributed by atoms with Crippen molar-refractivity contribution in [1.82, 2.24) is 30.3 Å². The van der Waals surface area contributed by atoms with Crippen molar-refractivity contribution in [1.29, 1.82) is 0 Å². The topological polar surface area (TPSA) is 75.1 Å². The lowest BCUT2D eigenvalue weighted by molar-refractivity contribution is -0.184. The molecule has 1 aliphatic rings. The lowest BCUT2D eigenvalue weighted by atomic mass is 10.2. The van der Waals surface area contributed by atoms with E-state index >= 15 is 0 Å². The van der Waals surface area contributed by atoms with E-state index in [2.05, 4.69) is 20.7 Å². The van der Waals surface area contributed by atoms with Gasteiger partial charge in [0.15, 0.2) is 0 Å². The molecule has 132 valence electrons. The van der Waals surface area contributed by atoms with E-state index in [1.165, 1.54) is 22.2 Å². The van der Waals surface area contributed by atoms with Crippen LogP contribution < -0.4 is 10.6 Å². The summed E-state index contributed by atoms with van der Waals surface area (Å²) in [6.45, 7) is 1.54. The number of nitrogens with zero attached hydrogens (tertiary/aromatic N) is 4. The first-order chi connectivity index (χ1) is 10.5. The highest BCUT2D eigenvalue weighted by Gasteiger charge is 2.43. The number of hydrogen-bond donors (Lipinski definition) is 2. The molecule has 0 radical (unpaired) electrons. The van der Waals surface area contributed by atoms with Gasteiger partial charge in [-0.1, -0.05) is 0 Å². The Morgan fingerprint density at radius 1 is 1.35 bits per heavy atom. The summed E-state index contributed by atoms with van der Waals surface area (Å²) < 4.78 is 40.8. The van der Waals surface area contributed by atoms with Gasteiger partial charge in [0, 0.05) is 39.1 Å². The average molecular weight is 357 g/mol. The van der Waals surface area contributed by atoms with Crippen molar-refractivity contribution in [3.63, 3.8) is 0 Å². The van der Waals surface area contributed by atoms with Crippen LogP contribution in [0.1, 0.15) is 6.42 Å². The standard InChI is InChI=1S/C12H19F3N6O.ClH/c13-12(14,15)10(20-5-2-16-3-6-20)7-18-11(22)1-4-21-9-17-8-19-21;/h8-10,16H,1-7H2,(H,18,22);1H. The van der Waals surface area contributed by atoms with Crippen molar-refractivity contribution in [2.45, 2.75) is 25.2 Å². The molecular weight excluding hydrogens is 337 g/mol. The van der Waals surface area contributed by atoms with Gasteiger partial charge in [-0.15, -0.1) is 12.4 Å². The molecule has 1 aliphatic heterocycles. The minimum absolute atomic E-state index is 0. The molecule has 1 aromatic heterocycles. The number of nitrogens with one attached hydrogen (secondary N) is 2. The molecule has 0 bridgehead atoms. The second-order valence-electron chi connectivity index (χ2n) is 5.06. The minimum Gasteiger partial charge on any atom is -0.354 e. The predicted molar refractivity (Wildman–Crippen MR) is 79.2 cm³/mol. The number of amides is 1. The van der Waals surface area contributed by atoms with Gasteiger partial charge in [-0.3, -0.25) is 14.4 Å². The molecular formula is C12H20ClF3N6O. The fourth-order valence-corrected chi connectivity index (χ4v) is 2.31. The fourth-order valence-electron chi connectivity index (χ4n) is 2.31. The summed E-state index contributed by atoms with van der Waals surface area (Å²) >= 11 is 0. The van der Waals surface area contributed by atoms with Crippen molar-refractivity contribution in [2.75, 3.05) is 32.7 Å². The van der Waals surface area contributed by atoms with Gasteiger partial charge >= 0.3 is 6.18 Å². The maximum atomic E-state index is 13.1. The van der Waals surface area contributed by atoms with Crippen LogP contribution in [0, 0.1) is 0 Å². The predicted octanol–water partition coefficient (Wildman–Crippen LogP) is 0.0423. The first-order valence-corrected chi connectivity index (χ1v) is 7.07. The Hall–Kier alpha value is -1.39. The van der Waals surface area contributed by atoms with E-state index in [0.717, 1.165) is 0 Å². The average Bonchev–Trinajstić information content (AvgIpc) is 2.98. The number of carbonyl (C=O) groups is 1. The SMILES string of the molecule is Cl.O=C(CCn1cncn1)NCC(N1CCNCC1)C(F)(F)F. The number of alkyl halides is 3. The van der Waals surface area contributed by atoms with E-state index < -0.39 is 24.7 Å². The Labute approximate surface area is 138 Å². The van der Waals surface area contributed by atoms with Crippen molar-refractivity contribution >= 4 is 18.3 Å². The van der Waals surface area contributed by atoms with E-state index in [0.29, 0.717) is 26.2 Å². The molecule has 11 heteroatoms. The van der Waals surface area contributed by atoms with Gasteiger partial charge in [0.1, 0.15) is 18.7 Å². The van der Waals surface area contributed by atoms with Gasteiger partial charge in [0.2, 0.25) is 5.91 Å². The molecule has 0 aliphatic carbocycles. The highest BCUT2D eigenvalue weighted by atomic mass is 35.5. The number of piperazine rings is 1. The molecule has 1 atom stereocenters. The van der Waals surface area contributed by atoms with E-state index in [4.69, 9.17) is 0 Å². The van der Waals surface area contributed by atoms with Gasteiger partial charge in [-0.2, -0.15) is 18.3 Å². The van der Waals surface area contributed by atoms with Crippen molar-refractivity contribution in [2.24, 2.45) is 0 Å². The van der Waals surface area contributed by atoms with Crippen molar-refractivity contribution in [3.8, 4) is 0 Å². The van der Waals surface area contributed by atoms with Crippen LogP contribution in [0.15, 0.2) is 12.7 Å². The third-order valence-corrected chi connectivity index (χ3v) is 3.50. The van der Waals surface area contributed by atoms with Gasteiger partial charge in [-0.05, 0) is 0 Å². The molecule has 2 heterocycles. The van der Waals surface area contributed by atoms with Crippen molar-refractivity contribution in [3.05, 3.63) is 12.7 Å². The summed E-state index contributed by atoms with van der Waals surface area (Å²) in [7, 11) is 0. The molecule has 0 spiro atoms. The molecule has 1 unspecified atom stereocenters. The van der Waals surface area contributed by atoms with Gasteiger partial charge < -0.3 is 10.6 Å². The van der Waals surface area contributed by atoms with Crippen LogP contribution in [0.2, 0.25) is 0 Å². The normalized spacial score (nSPS) is 17.3. The lowest BCUT2D eigenvalue weighted by Gasteiger charge is -2.35. The first-order valence-electron chi connectivity index (χ1n) is 7.07.